The molecule has 0 bridgehead atoms. The highest BCUT2D eigenvalue weighted by molar-refractivity contribution is 5.95. The maximum absolute atomic E-state index is 11.2. The summed E-state index contributed by atoms with van der Waals surface area (Å²) in [6.45, 7) is 1.79. The minimum atomic E-state index is -0.379. The summed E-state index contributed by atoms with van der Waals surface area (Å²) in [6.07, 6.45) is 4.69. The van der Waals surface area contributed by atoms with E-state index in [0.29, 0.717) is 18.3 Å². The van der Waals surface area contributed by atoms with E-state index < -0.39 is 0 Å². The number of nitro groups is 1. The lowest BCUT2D eigenvalue weighted by molar-refractivity contribution is -0.384. The molecule has 0 aliphatic carbocycles. The van der Waals surface area contributed by atoms with Crippen LogP contribution in [0.3, 0.4) is 0 Å². The quantitative estimate of drug-likeness (QED) is 0.652. The van der Waals surface area contributed by atoms with Crippen LogP contribution in [0.25, 0.3) is 10.9 Å². The van der Waals surface area contributed by atoms with Crippen LogP contribution in [0.4, 0.5) is 11.4 Å². The summed E-state index contributed by atoms with van der Waals surface area (Å²) in [5.74, 6) is 0. The Kier molecular flexibility index (Phi) is 3.96. The molecule has 1 aliphatic rings. The predicted molar refractivity (Wildman–Crippen MR) is 82.5 cm³/mol. The molecule has 0 amide bonds. The molecule has 1 saturated heterocycles. The fraction of sp³-hybridized carbons (Fsp3) is 0.400. The zero-order valence-electron chi connectivity index (χ0n) is 11.7. The summed E-state index contributed by atoms with van der Waals surface area (Å²) in [6, 6.07) is 8.00. The van der Waals surface area contributed by atoms with Gasteiger partial charge in [0.15, 0.2) is 0 Å². The summed E-state index contributed by atoms with van der Waals surface area (Å²) < 4.78 is 0. The first-order valence-electron chi connectivity index (χ1n) is 7.25. The van der Waals surface area contributed by atoms with E-state index in [-0.39, 0.29) is 10.6 Å². The van der Waals surface area contributed by atoms with Gasteiger partial charge in [-0.3, -0.25) is 10.1 Å². The van der Waals surface area contributed by atoms with E-state index in [0.717, 1.165) is 23.9 Å². The van der Waals surface area contributed by atoms with Crippen molar-refractivity contribution in [2.75, 3.05) is 18.4 Å². The van der Waals surface area contributed by atoms with Gasteiger partial charge in [-0.2, -0.15) is 0 Å². The van der Waals surface area contributed by atoms with Gasteiger partial charge in [-0.1, -0.05) is 18.2 Å². The van der Waals surface area contributed by atoms with Crippen molar-refractivity contribution in [2.24, 2.45) is 0 Å². The van der Waals surface area contributed by atoms with Gasteiger partial charge >= 0.3 is 5.69 Å². The molecule has 0 unspecified atom stereocenters. The third-order valence-corrected chi connectivity index (χ3v) is 3.91. The second-order valence-corrected chi connectivity index (χ2v) is 5.30. The second kappa shape index (κ2) is 6.05. The van der Waals surface area contributed by atoms with E-state index in [2.05, 4.69) is 15.6 Å². The maximum Gasteiger partial charge on any atom is 0.311 e. The number of para-hydroxylation sites is 1. The summed E-state index contributed by atoms with van der Waals surface area (Å²) in [5.41, 5.74) is 1.38. The molecule has 1 fully saturated rings. The number of nitrogens with zero attached hydrogens (tertiary/aromatic N) is 2. The average molecular weight is 286 g/mol. The minimum absolute atomic E-state index is 0.0353. The molecule has 110 valence electrons. The zero-order chi connectivity index (χ0) is 14.7. The molecule has 6 nitrogen and oxygen atoms in total. The fourth-order valence-electron chi connectivity index (χ4n) is 2.83. The molecule has 2 N–H and O–H groups in total. The highest BCUT2D eigenvalue weighted by atomic mass is 16.6. The molecule has 1 aliphatic heterocycles. The number of fused-ring (bicyclic) bond motifs is 1. The standard InChI is InChI=1S/C15H18N4O2/c20-19(21)14-10-18-13-6-2-1-5-12(13)15(14)17-9-7-11-4-3-8-16-11/h1-2,5-6,10-11,16H,3-4,7-9H2,(H,17,18)/t11-/m1/s1. The van der Waals surface area contributed by atoms with E-state index in [1.54, 1.807) is 0 Å². The van der Waals surface area contributed by atoms with Gasteiger partial charge in [0.25, 0.3) is 0 Å². The first-order valence-corrected chi connectivity index (χ1v) is 7.25. The van der Waals surface area contributed by atoms with Crippen LogP contribution in [0.15, 0.2) is 30.5 Å². The molecule has 6 heteroatoms. The van der Waals surface area contributed by atoms with E-state index in [9.17, 15) is 10.1 Å². The summed E-state index contributed by atoms with van der Waals surface area (Å²) in [7, 11) is 0. The molecule has 2 heterocycles. The number of rotatable bonds is 5. The van der Waals surface area contributed by atoms with Gasteiger partial charge in [0.2, 0.25) is 0 Å². The lowest BCUT2D eigenvalue weighted by atomic mass is 10.1. The number of anilines is 1. The van der Waals surface area contributed by atoms with Crippen molar-refractivity contribution in [3.8, 4) is 0 Å². The van der Waals surface area contributed by atoms with Crippen LogP contribution in [-0.2, 0) is 0 Å². The Balaban J connectivity index is 1.83. The topological polar surface area (TPSA) is 80.1 Å². The number of aromatic nitrogens is 1. The second-order valence-electron chi connectivity index (χ2n) is 5.30. The fourth-order valence-corrected chi connectivity index (χ4v) is 2.83. The summed E-state index contributed by atoms with van der Waals surface area (Å²) in [4.78, 5) is 15.0. The SMILES string of the molecule is O=[N+]([O-])c1cnc2ccccc2c1NCC[C@H]1CCCN1. The van der Waals surface area contributed by atoms with E-state index >= 15 is 0 Å². The van der Waals surface area contributed by atoms with Gasteiger partial charge in [0, 0.05) is 18.0 Å². The molecular formula is C15H18N4O2. The Morgan fingerprint density at radius 1 is 1.43 bits per heavy atom. The van der Waals surface area contributed by atoms with Crippen LogP contribution in [0.1, 0.15) is 19.3 Å². The third-order valence-electron chi connectivity index (χ3n) is 3.91. The van der Waals surface area contributed by atoms with Crippen molar-refractivity contribution in [3.63, 3.8) is 0 Å². The minimum Gasteiger partial charge on any atom is -0.379 e. The van der Waals surface area contributed by atoms with E-state index in [1.807, 2.05) is 24.3 Å². The van der Waals surface area contributed by atoms with Crippen molar-refractivity contribution in [3.05, 3.63) is 40.6 Å². The van der Waals surface area contributed by atoms with Crippen LogP contribution in [-0.4, -0.2) is 29.0 Å². The van der Waals surface area contributed by atoms with Crippen molar-refractivity contribution in [1.82, 2.24) is 10.3 Å². The number of pyridine rings is 1. The number of hydrogen-bond acceptors (Lipinski definition) is 5. The van der Waals surface area contributed by atoms with Crippen molar-refractivity contribution >= 4 is 22.3 Å². The highest BCUT2D eigenvalue weighted by Gasteiger charge is 2.19. The number of nitrogens with one attached hydrogen (secondary N) is 2. The van der Waals surface area contributed by atoms with Gasteiger partial charge in [-0.15, -0.1) is 0 Å². The Morgan fingerprint density at radius 3 is 3.05 bits per heavy atom. The molecule has 1 aromatic carbocycles. The Hall–Kier alpha value is -2.21. The van der Waals surface area contributed by atoms with Gasteiger partial charge < -0.3 is 10.6 Å². The molecule has 0 spiro atoms. The third kappa shape index (κ3) is 2.95. The molecule has 0 radical (unpaired) electrons. The lowest BCUT2D eigenvalue weighted by Gasteiger charge is -2.13. The molecule has 1 aromatic heterocycles. The monoisotopic (exact) mass is 286 g/mol. The van der Waals surface area contributed by atoms with Crippen LogP contribution in [0.2, 0.25) is 0 Å². The Bertz CT molecular complexity index is 653. The Labute approximate surface area is 122 Å². The van der Waals surface area contributed by atoms with Gasteiger partial charge in [0.05, 0.1) is 10.4 Å². The number of benzene rings is 1. The summed E-state index contributed by atoms with van der Waals surface area (Å²) >= 11 is 0. The highest BCUT2D eigenvalue weighted by Crippen LogP contribution is 2.31. The van der Waals surface area contributed by atoms with Gasteiger partial charge in [0.1, 0.15) is 11.9 Å². The van der Waals surface area contributed by atoms with Crippen LogP contribution >= 0.6 is 0 Å². The first-order chi connectivity index (χ1) is 10.3. The van der Waals surface area contributed by atoms with Gasteiger partial charge in [-0.05, 0) is 31.9 Å². The van der Waals surface area contributed by atoms with Crippen LogP contribution < -0.4 is 10.6 Å². The average Bonchev–Trinajstić information content (AvgIpc) is 3.00. The maximum atomic E-state index is 11.2. The molecule has 3 rings (SSSR count). The first kappa shape index (κ1) is 13.8. The smallest absolute Gasteiger partial charge is 0.311 e. The molecule has 1 atom stereocenters. The lowest BCUT2D eigenvalue weighted by Crippen LogP contribution is -2.24. The number of hydrogen-bond donors (Lipinski definition) is 2. The molecule has 0 saturated carbocycles. The zero-order valence-corrected chi connectivity index (χ0v) is 11.7. The Morgan fingerprint density at radius 2 is 2.29 bits per heavy atom. The van der Waals surface area contributed by atoms with Gasteiger partial charge in [-0.25, -0.2) is 4.98 Å². The van der Waals surface area contributed by atoms with Crippen molar-refractivity contribution in [2.45, 2.75) is 25.3 Å². The molecular weight excluding hydrogens is 268 g/mol. The van der Waals surface area contributed by atoms with Crippen molar-refractivity contribution in [1.29, 1.82) is 0 Å². The molecule has 2 aromatic rings. The van der Waals surface area contributed by atoms with Crippen molar-refractivity contribution < 1.29 is 4.92 Å². The van der Waals surface area contributed by atoms with E-state index in [1.165, 1.54) is 19.0 Å². The summed E-state index contributed by atoms with van der Waals surface area (Å²) in [5, 5.41) is 18.7. The molecule has 21 heavy (non-hydrogen) atoms. The van der Waals surface area contributed by atoms with Crippen LogP contribution in [0.5, 0.6) is 0 Å². The largest absolute Gasteiger partial charge is 0.379 e. The van der Waals surface area contributed by atoms with Crippen LogP contribution in [0, 0.1) is 10.1 Å². The van der Waals surface area contributed by atoms with E-state index in [4.69, 9.17) is 0 Å². The normalized spacial score (nSPS) is 18.0. The predicted octanol–water partition coefficient (Wildman–Crippen LogP) is 2.70.